The third-order valence-corrected chi connectivity index (χ3v) is 5.27. The Bertz CT molecular complexity index is 1010. The van der Waals surface area contributed by atoms with Crippen molar-refractivity contribution in [3.05, 3.63) is 53.3 Å². The molecule has 0 bridgehead atoms. The van der Waals surface area contributed by atoms with Crippen LogP contribution < -0.4 is 14.8 Å². The van der Waals surface area contributed by atoms with Gasteiger partial charge in [-0.25, -0.2) is 14.6 Å². The van der Waals surface area contributed by atoms with Gasteiger partial charge >= 0.3 is 11.9 Å². The van der Waals surface area contributed by atoms with E-state index >= 15 is 0 Å². The molecule has 1 aromatic carbocycles. The number of nitrogens with zero attached hydrogens (tertiary/aromatic N) is 1. The van der Waals surface area contributed by atoms with Crippen molar-refractivity contribution in [2.45, 2.75) is 38.3 Å². The molecule has 1 N–H and O–H groups in total. The van der Waals surface area contributed by atoms with E-state index in [1.807, 2.05) is 31.2 Å². The number of hydrogen-bond acceptors (Lipinski definition) is 8. The molecule has 0 saturated carbocycles. The van der Waals surface area contributed by atoms with Crippen LogP contribution in [0.2, 0.25) is 0 Å². The van der Waals surface area contributed by atoms with Crippen LogP contribution in [0.1, 0.15) is 41.4 Å². The van der Waals surface area contributed by atoms with Crippen LogP contribution in [0.4, 0.5) is 0 Å². The number of carbonyl (C=O) groups is 3. The molecule has 1 aromatic heterocycles. The minimum absolute atomic E-state index is 0.0601. The first-order valence-corrected chi connectivity index (χ1v) is 10.2. The van der Waals surface area contributed by atoms with Crippen LogP contribution >= 0.6 is 0 Å². The van der Waals surface area contributed by atoms with Crippen LogP contribution in [0.25, 0.3) is 0 Å². The minimum Gasteiger partial charge on any atom is -0.493 e. The molecule has 2 unspecified atom stereocenters. The summed E-state index contributed by atoms with van der Waals surface area (Å²) in [4.78, 5) is 41.3. The van der Waals surface area contributed by atoms with E-state index in [-0.39, 0.29) is 35.8 Å². The molecule has 0 fully saturated rings. The normalized spacial score (nSPS) is 17.8. The maximum atomic E-state index is 12.8. The Labute approximate surface area is 186 Å². The summed E-state index contributed by atoms with van der Waals surface area (Å²) < 4.78 is 20.8. The first kappa shape index (κ1) is 23.2. The standard InChI is InChI=1S/C23H26N2O7/c1-13-16-8-6-5-7-15(16)11-18(13)31-23(28)14(2)25-22(27)20-21(32-19(26)12-29-3)17(30-4)9-10-24-20/h5-10,13-14,18H,11-12H2,1-4H3,(H,25,27)/t13?,14-,18?/m0/s1. The number of fused-ring (bicyclic) bond motifs is 1. The monoisotopic (exact) mass is 442 g/mol. The summed E-state index contributed by atoms with van der Waals surface area (Å²) in [7, 11) is 2.71. The predicted octanol–water partition coefficient (Wildman–Crippen LogP) is 2.03. The summed E-state index contributed by atoms with van der Waals surface area (Å²) in [5, 5.41) is 2.55. The van der Waals surface area contributed by atoms with Crippen molar-refractivity contribution in [1.82, 2.24) is 10.3 Å². The Morgan fingerprint density at radius 1 is 1.19 bits per heavy atom. The molecule has 2 aromatic rings. The summed E-state index contributed by atoms with van der Waals surface area (Å²) in [6.45, 7) is 3.21. The second kappa shape index (κ2) is 10.2. The van der Waals surface area contributed by atoms with E-state index in [1.54, 1.807) is 0 Å². The fourth-order valence-corrected chi connectivity index (χ4v) is 3.59. The number of rotatable bonds is 8. The third-order valence-electron chi connectivity index (χ3n) is 5.27. The quantitative estimate of drug-likeness (QED) is 0.618. The molecule has 1 aliphatic rings. The summed E-state index contributed by atoms with van der Waals surface area (Å²) in [5.74, 6) is -1.96. The molecule has 0 spiro atoms. The highest BCUT2D eigenvalue weighted by Crippen LogP contribution is 2.35. The van der Waals surface area contributed by atoms with Crippen molar-refractivity contribution in [2.75, 3.05) is 20.8 Å². The van der Waals surface area contributed by atoms with Gasteiger partial charge in [-0.15, -0.1) is 0 Å². The van der Waals surface area contributed by atoms with Crippen molar-refractivity contribution < 1.29 is 33.3 Å². The van der Waals surface area contributed by atoms with Gasteiger partial charge in [0.05, 0.1) is 7.11 Å². The number of nitrogens with one attached hydrogen (secondary N) is 1. The van der Waals surface area contributed by atoms with E-state index in [0.29, 0.717) is 6.42 Å². The Morgan fingerprint density at radius 3 is 2.62 bits per heavy atom. The highest BCUT2D eigenvalue weighted by Gasteiger charge is 2.33. The van der Waals surface area contributed by atoms with Crippen LogP contribution in [-0.2, 0) is 25.5 Å². The van der Waals surface area contributed by atoms with Gasteiger partial charge in [-0.1, -0.05) is 31.2 Å². The first-order valence-electron chi connectivity index (χ1n) is 10.2. The molecule has 9 heteroatoms. The van der Waals surface area contributed by atoms with Crippen molar-refractivity contribution >= 4 is 17.8 Å². The summed E-state index contributed by atoms with van der Waals surface area (Å²) in [5.41, 5.74) is 2.11. The molecule has 170 valence electrons. The summed E-state index contributed by atoms with van der Waals surface area (Å²) >= 11 is 0. The predicted molar refractivity (Wildman–Crippen MR) is 114 cm³/mol. The third kappa shape index (κ3) is 5.05. The fourth-order valence-electron chi connectivity index (χ4n) is 3.59. The van der Waals surface area contributed by atoms with Gasteiger partial charge in [0.1, 0.15) is 18.8 Å². The van der Waals surface area contributed by atoms with Gasteiger partial charge < -0.3 is 24.3 Å². The molecule has 0 aliphatic heterocycles. The number of pyridine rings is 1. The lowest BCUT2D eigenvalue weighted by Crippen LogP contribution is -2.41. The molecule has 1 aliphatic carbocycles. The van der Waals surface area contributed by atoms with E-state index in [9.17, 15) is 14.4 Å². The Kier molecular flexibility index (Phi) is 7.42. The Hall–Kier alpha value is -3.46. The lowest BCUT2D eigenvalue weighted by molar-refractivity contribution is -0.151. The van der Waals surface area contributed by atoms with Crippen LogP contribution in [0, 0.1) is 0 Å². The average Bonchev–Trinajstić information content (AvgIpc) is 3.09. The average molecular weight is 442 g/mol. The molecule has 0 radical (unpaired) electrons. The van der Waals surface area contributed by atoms with Gasteiger partial charge in [0.25, 0.3) is 5.91 Å². The van der Waals surface area contributed by atoms with Crippen LogP contribution in [0.5, 0.6) is 11.5 Å². The molecule has 32 heavy (non-hydrogen) atoms. The lowest BCUT2D eigenvalue weighted by Gasteiger charge is -2.20. The number of benzene rings is 1. The number of methoxy groups -OCH3 is 2. The van der Waals surface area contributed by atoms with Gasteiger partial charge in [0.2, 0.25) is 5.75 Å². The summed E-state index contributed by atoms with van der Waals surface area (Å²) in [6, 6.07) is 8.46. The molecule has 3 rings (SSSR count). The first-order chi connectivity index (χ1) is 15.3. The van der Waals surface area contributed by atoms with E-state index in [1.165, 1.54) is 33.4 Å². The number of amides is 1. The highest BCUT2D eigenvalue weighted by atomic mass is 16.6. The van der Waals surface area contributed by atoms with Gasteiger partial charge in [-0.3, -0.25) is 4.79 Å². The van der Waals surface area contributed by atoms with E-state index in [0.717, 1.165) is 11.1 Å². The van der Waals surface area contributed by atoms with E-state index < -0.39 is 23.9 Å². The topological polar surface area (TPSA) is 113 Å². The van der Waals surface area contributed by atoms with E-state index in [4.69, 9.17) is 18.9 Å². The number of aromatic nitrogens is 1. The molecular formula is C23H26N2O7. The maximum absolute atomic E-state index is 12.8. The second-order valence-electron chi connectivity index (χ2n) is 7.46. The summed E-state index contributed by atoms with van der Waals surface area (Å²) in [6.07, 6.45) is 1.66. The van der Waals surface area contributed by atoms with Crippen molar-refractivity contribution in [2.24, 2.45) is 0 Å². The number of carbonyl (C=O) groups excluding carboxylic acids is 3. The van der Waals surface area contributed by atoms with Crippen molar-refractivity contribution in [1.29, 1.82) is 0 Å². The van der Waals surface area contributed by atoms with Gasteiger partial charge in [0.15, 0.2) is 11.4 Å². The van der Waals surface area contributed by atoms with Crippen LogP contribution in [-0.4, -0.2) is 55.8 Å². The number of ether oxygens (including phenoxy) is 4. The Morgan fingerprint density at radius 2 is 1.94 bits per heavy atom. The van der Waals surface area contributed by atoms with Crippen LogP contribution in [0.15, 0.2) is 36.5 Å². The van der Waals surface area contributed by atoms with Gasteiger partial charge in [-0.2, -0.15) is 0 Å². The minimum atomic E-state index is -0.950. The SMILES string of the molecule is COCC(=O)Oc1c(OC)ccnc1C(=O)N[C@@H](C)C(=O)OC1Cc2ccccc2C1C. The zero-order valence-electron chi connectivity index (χ0n) is 18.4. The number of esters is 2. The van der Waals surface area contributed by atoms with Gasteiger partial charge in [0, 0.05) is 31.7 Å². The van der Waals surface area contributed by atoms with Gasteiger partial charge in [-0.05, 0) is 18.1 Å². The number of hydrogen-bond donors (Lipinski definition) is 1. The van der Waals surface area contributed by atoms with Crippen molar-refractivity contribution in [3.63, 3.8) is 0 Å². The smallest absolute Gasteiger partial charge is 0.337 e. The second-order valence-corrected chi connectivity index (χ2v) is 7.46. The largest absolute Gasteiger partial charge is 0.493 e. The maximum Gasteiger partial charge on any atom is 0.337 e. The molecule has 3 atom stereocenters. The molecule has 0 saturated heterocycles. The van der Waals surface area contributed by atoms with E-state index in [2.05, 4.69) is 10.3 Å². The zero-order chi connectivity index (χ0) is 23.3. The highest BCUT2D eigenvalue weighted by molar-refractivity contribution is 5.98. The van der Waals surface area contributed by atoms with Crippen molar-refractivity contribution in [3.8, 4) is 11.5 Å². The fraction of sp³-hybridized carbons (Fsp3) is 0.391. The Balaban J connectivity index is 1.68. The lowest BCUT2D eigenvalue weighted by atomic mass is 10.0. The molecule has 1 amide bonds. The zero-order valence-corrected chi connectivity index (χ0v) is 18.4. The molecule has 1 heterocycles. The molecule has 9 nitrogen and oxygen atoms in total. The molecular weight excluding hydrogens is 416 g/mol. The van der Waals surface area contributed by atoms with Crippen LogP contribution in [0.3, 0.4) is 0 Å².